The predicted octanol–water partition coefficient (Wildman–Crippen LogP) is 3.19. The number of carbonyl (C=O) groups excluding carboxylic acids is 1. The fourth-order valence-corrected chi connectivity index (χ4v) is 5.06. The lowest BCUT2D eigenvalue weighted by Gasteiger charge is -2.40. The van der Waals surface area contributed by atoms with Crippen LogP contribution in [0.25, 0.3) is 10.2 Å². The molecule has 6 nitrogen and oxygen atoms in total. The van der Waals surface area contributed by atoms with Crippen molar-refractivity contribution in [3.8, 4) is 0 Å². The molecule has 0 unspecified atom stereocenters. The number of amides is 1. The number of thiophene rings is 1. The van der Waals surface area contributed by atoms with Gasteiger partial charge in [0.05, 0.1) is 11.4 Å². The summed E-state index contributed by atoms with van der Waals surface area (Å²) in [6, 6.07) is 10.1. The van der Waals surface area contributed by atoms with Gasteiger partial charge in [0.15, 0.2) is 0 Å². The van der Waals surface area contributed by atoms with Gasteiger partial charge in [-0.15, -0.1) is 11.3 Å². The number of carbonyl (C=O) groups is 1. The lowest BCUT2D eigenvalue weighted by atomic mass is 9.78. The lowest BCUT2D eigenvalue weighted by Crippen LogP contribution is -2.44. The molecule has 1 atom stereocenters. The third-order valence-corrected chi connectivity index (χ3v) is 6.65. The summed E-state index contributed by atoms with van der Waals surface area (Å²) in [5.41, 5.74) is 8.82. The van der Waals surface area contributed by atoms with Crippen molar-refractivity contribution in [2.75, 3.05) is 25.9 Å². The van der Waals surface area contributed by atoms with Gasteiger partial charge in [0.2, 0.25) is 0 Å². The summed E-state index contributed by atoms with van der Waals surface area (Å²) in [7, 11) is 1.62. The number of aromatic nitrogens is 2. The Labute approximate surface area is 168 Å². The van der Waals surface area contributed by atoms with Crippen molar-refractivity contribution >= 4 is 33.1 Å². The van der Waals surface area contributed by atoms with Gasteiger partial charge in [-0.3, -0.25) is 14.7 Å². The standard InChI is InChI=1S/C21H25N5OS/c1-21(9-5-11-26(13-21)12-14-6-3-4-10-24-14)16-8-7-15-17(22)18(19(27)23-2)28-20(15)25-16/h3-4,6-8,10H,5,9,11-13,22H2,1-2H3,(H,23,27)/t21-/m1/s1. The Morgan fingerprint density at radius 1 is 1.36 bits per heavy atom. The van der Waals surface area contributed by atoms with E-state index in [1.54, 1.807) is 7.05 Å². The van der Waals surface area contributed by atoms with E-state index in [2.05, 4.69) is 34.3 Å². The zero-order valence-electron chi connectivity index (χ0n) is 16.2. The maximum Gasteiger partial charge on any atom is 0.263 e. The fourth-order valence-electron chi connectivity index (χ4n) is 4.02. The maximum atomic E-state index is 12.0. The number of likely N-dealkylation sites (tertiary alicyclic amines) is 1. The highest BCUT2D eigenvalue weighted by molar-refractivity contribution is 7.21. The summed E-state index contributed by atoms with van der Waals surface area (Å²) >= 11 is 1.37. The van der Waals surface area contributed by atoms with E-state index in [1.165, 1.54) is 11.3 Å². The van der Waals surface area contributed by atoms with Gasteiger partial charge in [-0.05, 0) is 43.7 Å². The van der Waals surface area contributed by atoms with E-state index >= 15 is 0 Å². The largest absolute Gasteiger partial charge is 0.397 e. The predicted molar refractivity (Wildman–Crippen MR) is 114 cm³/mol. The first-order valence-corrected chi connectivity index (χ1v) is 10.4. The summed E-state index contributed by atoms with van der Waals surface area (Å²) in [6.45, 7) is 5.14. The van der Waals surface area contributed by atoms with Crippen LogP contribution < -0.4 is 11.1 Å². The molecule has 0 spiro atoms. The van der Waals surface area contributed by atoms with Gasteiger partial charge >= 0.3 is 0 Å². The average Bonchev–Trinajstić information content (AvgIpc) is 3.04. The van der Waals surface area contributed by atoms with Crippen molar-refractivity contribution in [3.63, 3.8) is 0 Å². The zero-order chi connectivity index (χ0) is 19.7. The Balaban J connectivity index is 1.61. The Kier molecular flexibility index (Phi) is 5.03. The second-order valence-corrected chi connectivity index (χ2v) is 8.67. The van der Waals surface area contributed by atoms with Crippen LogP contribution in [0.15, 0.2) is 36.5 Å². The monoisotopic (exact) mass is 395 g/mol. The molecule has 1 aliphatic rings. The number of nitrogens with one attached hydrogen (secondary N) is 1. The van der Waals surface area contributed by atoms with Crippen molar-refractivity contribution in [3.05, 3.63) is 52.8 Å². The van der Waals surface area contributed by atoms with E-state index in [4.69, 9.17) is 10.7 Å². The minimum atomic E-state index is -0.160. The maximum absolute atomic E-state index is 12.0. The Morgan fingerprint density at radius 3 is 2.96 bits per heavy atom. The number of rotatable bonds is 4. The third-order valence-electron chi connectivity index (χ3n) is 5.53. The number of piperidine rings is 1. The van der Waals surface area contributed by atoms with Crippen molar-refractivity contribution in [1.29, 1.82) is 0 Å². The van der Waals surface area contributed by atoms with Crippen LogP contribution in [0.1, 0.15) is 40.8 Å². The van der Waals surface area contributed by atoms with Crippen LogP contribution >= 0.6 is 11.3 Å². The van der Waals surface area contributed by atoms with E-state index in [0.29, 0.717) is 10.6 Å². The zero-order valence-corrected chi connectivity index (χ0v) is 17.1. The first kappa shape index (κ1) is 18.8. The molecule has 7 heteroatoms. The SMILES string of the molecule is CNC(=O)c1sc2nc([C@]3(C)CCCN(Cc4ccccn4)C3)ccc2c1N. The molecule has 1 saturated heterocycles. The van der Waals surface area contributed by atoms with Gasteiger partial charge in [-0.25, -0.2) is 4.98 Å². The summed E-state index contributed by atoms with van der Waals surface area (Å²) in [6.07, 6.45) is 4.06. The molecule has 0 radical (unpaired) electrons. The van der Waals surface area contributed by atoms with Crippen LogP contribution in [0, 0.1) is 0 Å². The molecule has 0 aliphatic carbocycles. The molecule has 0 saturated carbocycles. The molecule has 3 N–H and O–H groups in total. The summed E-state index contributed by atoms with van der Waals surface area (Å²) < 4.78 is 0. The molecular weight excluding hydrogens is 370 g/mol. The van der Waals surface area contributed by atoms with Gasteiger partial charge in [-0.2, -0.15) is 0 Å². The van der Waals surface area contributed by atoms with Gasteiger partial charge < -0.3 is 11.1 Å². The Bertz CT molecular complexity index is 1000. The van der Waals surface area contributed by atoms with Crippen LogP contribution in [0.2, 0.25) is 0 Å². The first-order valence-electron chi connectivity index (χ1n) is 9.54. The molecular formula is C21H25N5OS. The van der Waals surface area contributed by atoms with Crippen LogP contribution in [0.3, 0.4) is 0 Å². The number of hydrogen-bond acceptors (Lipinski definition) is 6. The molecule has 1 amide bonds. The fraction of sp³-hybridized carbons (Fsp3) is 0.381. The van der Waals surface area contributed by atoms with E-state index in [0.717, 1.165) is 54.1 Å². The van der Waals surface area contributed by atoms with Crippen molar-refractivity contribution in [2.24, 2.45) is 0 Å². The number of hydrogen-bond donors (Lipinski definition) is 2. The summed E-state index contributed by atoms with van der Waals surface area (Å²) in [5, 5.41) is 3.51. The van der Waals surface area contributed by atoms with Gasteiger partial charge in [0.25, 0.3) is 5.91 Å². The van der Waals surface area contributed by atoms with E-state index in [1.807, 2.05) is 24.4 Å². The Morgan fingerprint density at radius 2 is 2.21 bits per heavy atom. The van der Waals surface area contributed by atoms with E-state index < -0.39 is 0 Å². The first-order chi connectivity index (χ1) is 13.5. The number of nitrogens with two attached hydrogens (primary N) is 1. The van der Waals surface area contributed by atoms with Crippen LogP contribution in [0.5, 0.6) is 0 Å². The number of nitrogen functional groups attached to an aromatic ring is 1. The Hall–Kier alpha value is -2.51. The molecule has 1 aliphatic heterocycles. The highest BCUT2D eigenvalue weighted by atomic mass is 32.1. The molecule has 28 heavy (non-hydrogen) atoms. The number of nitrogens with zero attached hydrogens (tertiary/aromatic N) is 3. The minimum Gasteiger partial charge on any atom is -0.397 e. The minimum absolute atomic E-state index is 0.0346. The molecule has 0 aromatic carbocycles. The smallest absolute Gasteiger partial charge is 0.263 e. The summed E-state index contributed by atoms with van der Waals surface area (Å²) in [5.74, 6) is -0.160. The second kappa shape index (κ2) is 7.48. The van der Waals surface area contributed by atoms with Gasteiger partial charge in [0, 0.05) is 42.8 Å². The van der Waals surface area contributed by atoms with Crippen molar-refractivity contribution in [2.45, 2.75) is 31.7 Å². The summed E-state index contributed by atoms with van der Waals surface area (Å²) in [4.78, 5) is 25.3. The van der Waals surface area contributed by atoms with Crippen LogP contribution in [-0.4, -0.2) is 40.9 Å². The molecule has 146 valence electrons. The third kappa shape index (κ3) is 3.47. The van der Waals surface area contributed by atoms with Gasteiger partial charge in [0.1, 0.15) is 9.71 Å². The molecule has 1 fully saturated rings. The van der Waals surface area contributed by atoms with Gasteiger partial charge in [-0.1, -0.05) is 13.0 Å². The normalized spacial score (nSPS) is 20.4. The van der Waals surface area contributed by atoms with Crippen LogP contribution in [-0.2, 0) is 12.0 Å². The number of fused-ring (bicyclic) bond motifs is 1. The quantitative estimate of drug-likeness (QED) is 0.709. The molecule has 3 aromatic rings. The van der Waals surface area contributed by atoms with Crippen molar-refractivity contribution < 1.29 is 4.79 Å². The number of pyridine rings is 2. The molecule has 4 heterocycles. The van der Waals surface area contributed by atoms with E-state index in [-0.39, 0.29) is 11.3 Å². The topological polar surface area (TPSA) is 84.1 Å². The van der Waals surface area contributed by atoms with Crippen molar-refractivity contribution in [1.82, 2.24) is 20.2 Å². The highest BCUT2D eigenvalue weighted by Gasteiger charge is 2.34. The average molecular weight is 396 g/mol. The lowest BCUT2D eigenvalue weighted by molar-refractivity contribution is 0.0968. The van der Waals surface area contributed by atoms with Crippen LogP contribution in [0.4, 0.5) is 5.69 Å². The molecule has 4 rings (SSSR count). The highest BCUT2D eigenvalue weighted by Crippen LogP contribution is 2.37. The second-order valence-electron chi connectivity index (χ2n) is 7.67. The molecule has 3 aromatic heterocycles. The van der Waals surface area contributed by atoms with E-state index in [9.17, 15) is 4.79 Å². The molecule has 0 bridgehead atoms. The number of anilines is 1.